The molecule has 0 spiro atoms. The summed E-state index contributed by atoms with van der Waals surface area (Å²) in [5.74, 6) is 2.29. The van der Waals surface area contributed by atoms with Crippen LogP contribution < -0.4 is 5.73 Å². The molecule has 0 radical (unpaired) electrons. The summed E-state index contributed by atoms with van der Waals surface area (Å²) in [5.41, 5.74) is 7.01. The molecule has 1 saturated carbocycles. The molecule has 1 fully saturated rings. The average molecular weight is 346 g/mol. The van der Waals surface area contributed by atoms with Gasteiger partial charge in [-0.25, -0.2) is 0 Å². The molecular weight excluding hydrogens is 302 g/mol. The van der Waals surface area contributed by atoms with Gasteiger partial charge in [0, 0.05) is 6.54 Å². The Kier molecular flexibility index (Phi) is 12.8. The maximum absolute atomic E-state index is 5.50. The van der Waals surface area contributed by atoms with Gasteiger partial charge in [0.15, 0.2) is 0 Å². The van der Waals surface area contributed by atoms with Crippen LogP contribution in [0.5, 0.6) is 0 Å². The van der Waals surface area contributed by atoms with Crippen LogP contribution in [0.25, 0.3) is 0 Å². The number of nitrogens with two attached hydrogens (primary N) is 1. The minimum Gasteiger partial charge on any atom is -0.327 e. The maximum atomic E-state index is 5.50. The summed E-state index contributed by atoms with van der Waals surface area (Å²) in [6.45, 7) is 9.73. The molecule has 0 aromatic heterocycles. The zero-order valence-electron chi connectivity index (χ0n) is 17.0. The van der Waals surface area contributed by atoms with Gasteiger partial charge in [0.2, 0.25) is 0 Å². The van der Waals surface area contributed by atoms with E-state index in [1.54, 1.807) is 0 Å². The van der Waals surface area contributed by atoms with E-state index in [1.807, 2.05) is 0 Å². The van der Waals surface area contributed by atoms with E-state index in [4.69, 9.17) is 5.73 Å². The first-order valence-electron chi connectivity index (χ1n) is 10.9. The lowest BCUT2D eigenvalue weighted by Gasteiger charge is -2.21. The molecule has 1 unspecified atom stereocenters. The number of rotatable bonds is 14. The van der Waals surface area contributed by atoms with Gasteiger partial charge < -0.3 is 5.73 Å². The largest absolute Gasteiger partial charge is 0.327 e. The Labute approximate surface area is 157 Å². The number of allylic oxidation sites excluding steroid dienone is 4. The second kappa shape index (κ2) is 14.4. The zero-order valence-corrected chi connectivity index (χ0v) is 17.0. The van der Waals surface area contributed by atoms with Crippen LogP contribution in [-0.4, -0.2) is 6.54 Å². The van der Waals surface area contributed by atoms with Crippen molar-refractivity contribution in [2.75, 3.05) is 6.54 Å². The summed E-state index contributed by atoms with van der Waals surface area (Å²) < 4.78 is 0. The second-order valence-corrected chi connectivity index (χ2v) is 7.84. The first-order chi connectivity index (χ1) is 12.2. The summed E-state index contributed by atoms with van der Waals surface area (Å²) >= 11 is 0. The third kappa shape index (κ3) is 8.90. The Morgan fingerprint density at radius 3 is 2.40 bits per heavy atom. The van der Waals surface area contributed by atoms with Crippen LogP contribution in [0, 0.1) is 17.8 Å². The highest BCUT2D eigenvalue weighted by atomic mass is 14.5. The van der Waals surface area contributed by atoms with Gasteiger partial charge in [-0.2, -0.15) is 0 Å². The topological polar surface area (TPSA) is 26.0 Å². The predicted molar refractivity (Wildman–Crippen MR) is 114 cm³/mol. The lowest BCUT2D eigenvalue weighted by molar-refractivity contribution is 0.358. The van der Waals surface area contributed by atoms with Gasteiger partial charge in [-0.3, -0.25) is 0 Å². The van der Waals surface area contributed by atoms with Gasteiger partial charge in [-0.15, -0.1) is 0 Å². The Balaban J connectivity index is 2.39. The molecular formula is C24H43N. The third-order valence-corrected chi connectivity index (χ3v) is 5.85. The molecule has 25 heavy (non-hydrogen) atoms. The summed E-state index contributed by atoms with van der Waals surface area (Å²) in [7, 11) is 0. The third-order valence-electron chi connectivity index (χ3n) is 5.85. The van der Waals surface area contributed by atoms with Crippen LogP contribution in [0.15, 0.2) is 36.5 Å². The molecule has 0 saturated heterocycles. The van der Waals surface area contributed by atoms with Crippen LogP contribution in [0.1, 0.15) is 90.9 Å². The van der Waals surface area contributed by atoms with Gasteiger partial charge in [0.1, 0.15) is 0 Å². The van der Waals surface area contributed by atoms with Crippen molar-refractivity contribution >= 4 is 0 Å². The number of hydrogen-bond donors (Lipinski definition) is 1. The average Bonchev–Trinajstić information content (AvgIpc) is 2.92. The fraction of sp³-hybridized carbons (Fsp3) is 0.750. The van der Waals surface area contributed by atoms with Crippen molar-refractivity contribution in [3.05, 3.63) is 36.5 Å². The van der Waals surface area contributed by atoms with Crippen LogP contribution in [-0.2, 0) is 0 Å². The minimum absolute atomic E-state index is 0.670. The number of hydrogen-bond acceptors (Lipinski definition) is 1. The van der Waals surface area contributed by atoms with E-state index in [0.717, 1.165) is 17.8 Å². The molecule has 0 heterocycles. The molecule has 0 aromatic rings. The quantitative estimate of drug-likeness (QED) is 0.261. The fourth-order valence-electron chi connectivity index (χ4n) is 4.29. The lowest BCUT2D eigenvalue weighted by atomic mass is 9.84. The van der Waals surface area contributed by atoms with E-state index in [9.17, 15) is 0 Å². The van der Waals surface area contributed by atoms with Crippen molar-refractivity contribution in [1.82, 2.24) is 0 Å². The maximum Gasteiger partial charge on any atom is 0.0106 e. The molecule has 1 heteroatoms. The molecule has 0 amide bonds. The van der Waals surface area contributed by atoms with E-state index in [1.165, 1.54) is 82.6 Å². The summed E-state index contributed by atoms with van der Waals surface area (Å²) in [5, 5.41) is 0. The monoisotopic (exact) mass is 345 g/mol. The SMILES string of the molecule is C=C1CC(CC)[C@H](/C=C/CCCCCCC)[C@H]1CCCC/C=C/CN. The molecule has 2 N–H and O–H groups in total. The molecule has 0 bridgehead atoms. The highest BCUT2D eigenvalue weighted by Gasteiger charge is 2.35. The highest BCUT2D eigenvalue weighted by Crippen LogP contribution is 2.45. The standard InChI is InChI=1S/C24H43N/c1-4-6-7-8-9-11-15-18-24-22(5-2)20-21(3)23(24)17-14-12-10-13-16-19-25/h13,15-16,18,22-24H,3-12,14,17,19-20,25H2,1-2H3/b16-13+,18-15+/t22?,23-,24-/m0/s1. The van der Waals surface area contributed by atoms with Crippen molar-refractivity contribution in [3.63, 3.8) is 0 Å². The van der Waals surface area contributed by atoms with Gasteiger partial charge in [-0.05, 0) is 56.3 Å². The fourth-order valence-corrected chi connectivity index (χ4v) is 4.29. The zero-order chi connectivity index (χ0) is 18.3. The Bertz CT molecular complexity index is 393. The first-order valence-corrected chi connectivity index (χ1v) is 10.9. The van der Waals surface area contributed by atoms with Crippen molar-refractivity contribution < 1.29 is 0 Å². The molecule has 0 aromatic carbocycles. The first kappa shape index (κ1) is 22.2. The van der Waals surface area contributed by atoms with Crippen LogP contribution in [0.3, 0.4) is 0 Å². The minimum atomic E-state index is 0.670. The molecule has 1 aliphatic carbocycles. The van der Waals surface area contributed by atoms with E-state index in [2.05, 4.69) is 44.7 Å². The van der Waals surface area contributed by atoms with E-state index in [0.29, 0.717) is 6.54 Å². The molecule has 144 valence electrons. The van der Waals surface area contributed by atoms with E-state index in [-0.39, 0.29) is 0 Å². The van der Waals surface area contributed by atoms with Gasteiger partial charge in [0.05, 0.1) is 0 Å². The van der Waals surface area contributed by atoms with Crippen LogP contribution in [0.4, 0.5) is 0 Å². The predicted octanol–water partition coefficient (Wildman–Crippen LogP) is 7.20. The molecule has 1 aliphatic rings. The molecule has 1 nitrogen and oxygen atoms in total. The lowest BCUT2D eigenvalue weighted by Crippen LogP contribution is -2.12. The normalized spacial score (nSPS) is 24.1. The van der Waals surface area contributed by atoms with Crippen LogP contribution >= 0.6 is 0 Å². The van der Waals surface area contributed by atoms with E-state index < -0.39 is 0 Å². The van der Waals surface area contributed by atoms with Crippen molar-refractivity contribution in [1.29, 1.82) is 0 Å². The molecule has 3 atom stereocenters. The molecule has 1 rings (SSSR count). The highest BCUT2D eigenvalue weighted by molar-refractivity contribution is 5.16. The smallest absolute Gasteiger partial charge is 0.0106 e. The van der Waals surface area contributed by atoms with Crippen molar-refractivity contribution in [2.24, 2.45) is 23.5 Å². The van der Waals surface area contributed by atoms with Crippen LogP contribution in [0.2, 0.25) is 0 Å². The summed E-state index contributed by atoms with van der Waals surface area (Å²) in [4.78, 5) is 0. The summed E-state index contributed by atoms with van der Waals surface area (Å²) in [6, 6.07) is 0. The Morgan fingerprint density at radius 1 is 0.960 bits per heavy atom. The van der Waals surface area contributed by atoms with Crippen molar-refractivity contribution in [3.8, 4) is 0 Å². The van der Waals surface area contributed by atoms with E-state index >= 15 is 0 Å². The van der Waals surface area contributed by atoms with Gasteiger partial charge >= 0.3 is 0 Å². The Morgan fingerprint density at radius 2 is 1.68 bits per heavy atom. The summed E-state index contributed by atoms with van der Waals surface area (Å²) in [6.07, 6.45) is 25.1. The number of unbranched alkanes of at least 4 members (excludes halogenated alkanes) is 7. The second-order valence-electron chi connectivity index (χ2n) is 7.84. The Hall–Kier alpha value is -0.820. The molecule has 0 aliphatic heterocycles. The van der Waals surface area contributed by atoms with Crippen molar-refractivity contribution in [2.45, 2.75) is 90.9 Å². The van der Waals surface area contributed by atoms with Gasteiger partial charge in [0.25, 0.3) is 0 Å². The van der Waals surface area contributed by atoms with Gasteiger partial charge in [-0.1, -0.05) is 88.8 Å².